The van der Waals surface area contributed by atoms with Crippen LogP contribution in [-0.2, 0) is 10.1 Å². The molecule has 0 aliphatic heterocycles. The lowest BCUT2D eigenvalue weighted by molar-refractivity contribution is 0.459. The summed E-state index contributed by atoms with van der Waals surface area (Å²) in [4.78, 5) is 4.01. The number of pyridine rings is 1. The Hall–Kier alpha value is -3.37. The smallest absolute Gasteiger partial charge is 0.339 e. The van der Waals surface area contributed by atoms with Crippen molar-refractivity contribution in [2.75, 3.05) is 0 Å². The van der Waals surface area contributed by atoms with Gasteiger partial charge < -0.3 is 8.92 Å². The van der Waals surface area contributed by atoms with Crippen molar-refractivity contribution < 1.29 is 17.3 Å². The van der Waals surface area contributed by atoms with E-state index in [1.807, 2.05) is 6.07 Å². The molecule has 3 aromatic rings. The van der Waals surface area contributed by atoms with E-state index in [2.05, 4.69) is 4.98 Å². The second kappa shape index (κ2) is 7.03. The summed E-state index contributed by atoms with van der Waals surface area (Å²) < 4.78 is 35.1. The van der Waals surface area contributed by atoms with Crippen molar-refractivity contribution in [3.63, 3.8) is 0 Å². The topological polar surface area (TPSA) is 89.3 Å². The third kappa shape index (κ3) is 4.13. The van der Waals surface area contributed by atoms with Gasteiger partial charge in [-0.25, -0.2) is 4.98 Å². The fourth-order valence-electron chi connectivity index (χ4n) is 1.96. The van der Waals surface area contributed by atoms with Crippen LogP contribution < -0.4 is 8.92 Å². The molecule has 0 amide bonds. The first-order chi connectivity index (χ1) is 12.1. The first-order valence-electron chi connectivity index (χ1n) is 7.20. The number of hydrogen-bond donors (Lipinski definition) is 0. The minimum Gasteiger partial charge on any atom is -0.439 e. The molecule has 0 fully saturated rings. The second-order valence-corrected chi connectivity index (χ2v) is 6.46. The van der Waals surface area contributed by atoms with Crippen molar-refractivity contribution in [2.45, 2.75) is 4.90 Å². The average Bonchev–Trinajstić information content (AvgIpc) is 2.64. The Morgan fingerprint density at radius 3 is 2.16 bits per heavy atom. The molecule has 0 radical (unpaired) electrons. The molecule has 3 rings (SSSR count). The maximum absolute atomic E-state index is 12.2. The minimum absolute atomic E-state index is 0.0275. The fraction of sp³-hybridized carbons (Fsp3) is 0. The van der Waals surface area contributed by atoms with Crippen molar-refractivity contribution >= 4 is 10.1 Å². The van der Waals surface area contributed by atoms with Crippen LogP contribution in [-0.4, -0.2) is 13.4 Å². The van der Waals surface area contributed by atoms with Gasteiger partial charge in [-0.15, -0.1) is 0 Å². The molecular weight excluding hydrogens is 340 g/mol. The fourth-order valence-corrected chi connectivity index (χ4v) is 2.89. The Morgan fingerprint density at radius 1 is 0.880 bits per heavy atom. The third-order valence-corrected chi connectivity index (χ3v) is 4.42. The molecule has 0 aliphatic rings. The summed E-state index contributed by atoms with van der Waals surface area (Å²) in [6.45, 7) is 0. The molecule has 2 aromatic carbocycles. The molecule has 0 atom stereocenters. The number of hydrogen-bond acceptors (Lipinski definition) is 6. The summed E-state index contributed by atoms with van der Waals surface area (Å²) in [5.41, 5.74) is 0.370. The molecule has 0 saturated carbocycles. The number of nitrogens with zero attached hydrogens (tertiary/aromatic N) is 2. The quantitative estimate of drug-likeness (QED) is 0.653. The summed E-state index contributed by atoms with van der Waals surface area (Å²) in [5, 5.41) is 8.75. The van der Waals surface area contributed by atoms with E-state index >= 15 is 0 Å². The van der Waals surface area contributed by atoms with E-state index in [1.165, 1.54) is 36.4 Å². The SMILES string of the molecule is N#Cc1ccc(S(=O)(=O)Oc2ccc(Oc3ccccn3)cc2)cc1. The minimum atomic E-state index is -3.97. The highest BCUT2D eigenvalue weighted by Gasteiger charge is 2.16. The normalized spacial score (nSPS) is 10.7. The van der Waals surface area contributed by atoms with Crippen LogP contribution in [0.1, 0.15) is 5.56 Å². The van der Waals surface area contributed by atoms with E-state index in [-0.39, 0.29) is 10.6 Å². The first-order valence-corrected chi connectivity index (χ1v) is 8.61. The predicted octanol–water partition coefficient (Wildman–Crippen LogP) is 3.51. The zero-order valence-corrected chi connectivity index (χ0v) is 13.7. The van der Waals surface area contributed by atoms with Gasteiger partial charge in [-0.2, -0.15) is 13.7 Å². The molecule has 0 bridgehead atoms. The summed E-state index contributed by atoms with van der Waals surface area (Å²) in [6.07, 6.45) is 1.61. The van der Waals surface area contributed by atoms with Gasteiger partial charge in [0.15, 0.2) is 0 Å². The lowest BCUT2D eigenvalue weighted by Crippen LogP contribution is -2.09. The highest BCUT2D eigenvalue weighted by atomic mass is 32.2. The van der Waals surface area contributed by atoms with Crippen molar-refractivity contribution in [1.29, 1.82) is 5.26 Å². The van der Waals surface area contributed by atoms with Crippen LogP contribution in [0.4, 0.5) is 0 Å². The lowest BCUT2D eigenvalue weighted by atomic mass is 10.2. The molecule has 7 heteroatoms. The van der Waals surface area contributed by atoms with Crippen LogP contribution >= 0.6 is 0 Å². The average molecular weight is 352 g/mol. The highest BCUT2D eigenvalue weighted by Crippen LogP contribution is 2.24. The van der Waals surface area contributed by atoms with E-state index in [0.29, 0.717) is 17.2 Å². The number of aromatic nitrogens is 1. The first kappa shape index (κ1) is 16.5. The van der Waals surface area contributed by atoms with Gasteiger partial charge >= 0.3 is 10.1 Å². The maximum Gasteiger partial charge on any atom is 0.339 e. The van der Waals surface area contributed by atoms with E-state index < -0.39 is 10.1 Å². The third-order valence-electron chi connectivity index (χ3n) is 3.16. The summed E-state index contributed by atoms with van der Waals surface area (Å²) >= 11 is 0. The molecule has 1 heterocycles. The van der Waals surface area contributed by atoms with Crippen molar-refractivity contribution in [3.8, 4) is 23.4 Å². The predicted molar refractivity (Wildman–Crippen MR) is 89.7 cm³/mol. The van der Waals surface area contributed by atoms with Crippen molar-refractivity contribution in [3.05, 3.63) is 78.5 Å². The monoisotopic (exact) mass is 352 g/mol. The number of ether oxygens (including phenoxy) is 1. The zero-order valence-electron chi connectivity index (χ0n) is 12.9. The Labute approximate surface area is 145 Å². The molecule has 124 valence electrons. The van der Waals surface area contributed by atoms with Crippen molar-refractivity contribution in [1.82, 2.24) is 4.98 Å². The van der Waals surface area contributed by atoms with Gasteiger partial charge in [-0.05, 0) is 54.6 Å². The van der Waals surface area contributed by atoms with Gasteiger partial charge in [0.25, 0.3) is 0 Å². The van der Waals surface area contributed by atoms with Crippen LogP contribution in [0, 0.1) is 11.3 Å². The molecular formula is C18H12N2O4S. The van der Waals surface area contributed by atoms with Crippen LogP contribution in [0.15, 0.2) is 77.8 Å². The molecule has 0 saturated heterocycles. The second-order valence-electron chi connectivity index (χ2n) is 4.92. The molecule has 0 N–H and O–H groups in total. The van der Waals surface area contributed by atoms with Gasteiger partial charge in [-0.1, -0.05) is 6.07 Å². The zero-order chi connectivity index (χ0) is 17.7. The van der Waals surface area contributed by atoms with E-state index in [4.69, 9.17) is 14.2 Å². The van der Waals surface area contributed by atoms with Crippen LogP contribution in [0.2, 0.25) is 0 Å². The van der Waals surface area contributed by atoms with Gasteiger partial charge in [0.05, 0.1) is 11.6 Å². The molecule has 6 nitrogen and oxygen atoms in total. The highest BCUT2D eigenvalue weighted by molar-refractivity contribution is 7.87. The van der Waals surface area contributed by atoms with Gasteiger partial charge in [0, 0.05) is 12.3 Å². The summed E-state index contributed by atoms with van der Waals surface area (Å²) in [6, 6.07) is 18.8. The van der Waals surface area contributed by atoms with Crippen LogP contribution in [0.3, 0.4) is 0 Å². The van der Waals surface area contributed by atoms with Gasteiger partial charge in [-0.3, -0.25) is 0 Å². The summed E-state index contributed by atoms with van der Waals surface area (Å²) in [5.74, 6) is 1.08. The van der Waals surface area contributed by atoms with Crippen LogP contribution in [0.25, 0.3) is 0 Å². The van der Waals surface area contributed by atoms with E-state index in [9.17, 15) is 8.42 Å². The molecule has 0 spiro atoms. The van der Waals surface area contributed by atoms with E-state index in [0.717, 1.165) is 0 Å². The lowest BCUT2D eigenvalue weighted by Gasteiger charge is -2.08. The van der Waals surface area contributed by atoms with E-state index in [1.54, 1.807) is 36.5 Å². The largest absolute Gasteiger partial charge is 0.439 e. The number of rotatable bonds is 5. The van der Waals surface area contributed by atoms with Crippen molar-refractivity contribution in [2.24, 2.45) is 0 Å². The number of nitriles is 1. The summed E-state index contributed by atoms with van der Waals surface area (Å²) in [7, 11) is -3.97. The number of benzene rings is 2. The maximum atomic E-state index is 12.2. The standard InChI is InChI=1S/C18H12N2O4S/c19-13-14-4-10-17(11-5-14)25(21,22)24-16-8-6-15(7-9-16)23-18-3-1-2-12-20-18/h1-12H. The molecule has 0 unspecified atom stereocenters. The Balaban J connectivity index is 1.73. The van der Waals surface area contributed by atoms with Gasteiger partial charge in [0.2, 0.25) is 5.88 Å². The molecule has 1 aromatic heterocycles. The Bertz CT molecular complexity index is 994. The Morgan fingerprint density at radius 2 is 1.56 bits per heavy atom. The molecule has 25 heavy (non-hydrogen) atoms. The Kier molecular flexibility index (Phi) is 4.64. The van der Waals surface area contributed by atoms with Crippen LogP contribution in [0.5, 0.6) is 17.4 Å². The van der Waals surface area contributed by atoms with Gasteiger partial charge in [0.1, 0.15) is 16.4 Å². The molecule has 0 aliphatic carbocycles.